The number of rotatable bonds is 8. The average molecular weight is 425 g/mol. The van der Waals surface area contributed by atoms with Crippen molar-refractivity contribution in [3.63, 3.8) is 0 Å². The van der Waals surface area contributed by atoms with Crippen LogP contribution in [0, 0.1) is 0 Å². The number of carbonyl (C=O) groups is 2. The molecule has 0 unspecified atom stereocenters. The lowest BCUT2D eigenvalue weighted by Gasteiger charge is -2.23. The van der Waals surface area contributed by atoms with Crippen LogP contribution in [0.2, 0.25) is 0 Å². The van der Waals surface area contributed by atoms with E-state index in [9.17, 15) is 9.59 Å². The molecule has 1 atom stereocenters. The number of guanidine groups is 1. The first-order valence-electron chi connectivity index (χ1n) is 10.2. The SMILES string of the molecule is CCCCOc1ccc(C(=O)NC2=N[C@H](c3cc(OC)ccc3OC)CC(=O)N2)cc1. The number of nitrogens with zero attached hydrogens (tertiary/aromatic N) is 1. The molecule has 164 valence electrons. The normalized spacial score (nSPS) is 15.5. The first-order valence-corrected chi connectivity index (χ1v) is 10.2. The summed E-state index contributed by atoms with van der Waals surface area (Å²) in [5.41, 5.74) is 1.14. The van der Waals surface area contributed by atoms with Crippen LogP contribution in [0.15, 0.2) is 47.5 Å². The summed E-state index contributed by atoms with van der Waals surface area (Å²) in [6, 6.07) is 11.6. The van der Waals surface area contributed by atoms with Gasteiger partial charge in [0.1, 0.15) is 17.2 Å². The summed E-state index contributed by atoms with van der Waals surface area (Å²) in [5.74, 6) is 1.40. The van der Waals surface area contributed by atoms with Gasteiger partial charge >= 0.3 is 0 Å². The van der Waals surface area contributed by atoms with Crippen LogP contribution < -0.4 is 24.8 Å². The van der Waals surface area contributed by atoms with Crippen molar-refractivity contribution in [2.75, 3.05) is 20.8 Å². The molecule has 2 amide bonds. The molecule has 3 rings (SSSR count). The second-order valence-corrected chi connectivity index (χ2v) is 7.03. The van der Waals surface area contributed by atoms with Crippen LogP contribution in [-0.4, -0.2) is 38.6 Å². The van der Waals surface area contributed by atoms with Gasteiger partial charge in [-0.1, -0.05) is 13.3 Å². The number of unbranched alkanes of at least 4 members (excludes halogenated alkanes) is 1. The maximum atomic E-state index is 12.6. The third kappa shape index (κ3) is 5.75. The summed E-state index contributed by atoms with van der Waals surface area (Å²) in [6.45, 7) is 2.73. The molecule has 2 aromatic carbocycles. The molecule has 0 radical (unpaired) electrons. The highest BCUT2D eigenvalue weighted by molar-refractivity contribution is 6.10. The highest BCUT2D eigenvalue weighted by Crippen LogP contribution is 2.34. The number of amides is 2. The Labute approximate surface area is 181 Å². The van der Waals surface area contributed by atoms with Gasteiger partial charge in [0, 0.05) is 11.1 Å². The predicted octanol–water partition coefficient (Wildman–Crippen LogP) is 3.23. The predicted molar refractivity (Wildman–Crippen MR) is 117 cm³/mol. The van der Waals surface area contributed by atoms with E-state index in [4.69, 9.17) is 14.2 Å². The van der Waals surface area contributed by atoms with Crippen molar-refractivity contribution in [3.05, 3.63) is 53.6 Å². The highest BCUT2D eigenvalue weighted by atomic mass is 16.5. The standard InChI is InChI=1S/C23H27N3O5/c1-4-5-12-31-16-8-6-15(7-9-16)22(28)26-23-24-19(14-21(27)25-23)18-13-17(29-2)10-11-20(18)30-3/h6-11,13,19H,4-5,12,14H2,1-3H3,(H2,24,25,26,27,28)/t19-/m0/s1. The number of methoxy groups -OCH3 is 2. The Morgan fingerprint density at radius 2 is 1.87 bits per heavy atom. The summed E-state index contributed by atoms with van der Waals surface area (Å²) >= 11 is 0. The zero-order valence-corrected chi connectivity index (χ0v) is 17.9. The quantitative estimate of drug-likeness (QED) is 0.633. The molecule has 2 aromatic rings. The van der Waals surface area contributed by atoms with E-state index in [0.29, 0.717) is 35.0 Å². The zero-order valence-electron chi connectivity index (χ0n) is 17.9. The van der Waals surface area contributed by atoms with E-state index in [1.807, 2.05) is 0 Å². The van der Waals surface area contributed by atoms with Crippen LogP contribution >= 0.6 is 0 Å². The van der Waals surface area contributed by atoms with Gasteiger partial charge in [-0.2, -0.15) is 0 Å². The van der Waals surface area contributed by atoms with Gasteiger partial charge in [0.15, 0.2) is 0 Å². The lowest BCUT2D eigenvalue weighted by molar-refractivity contribution is -0.120. The Balaban J connectivity index is 1.74. The van der Waals surface area contributed by atoms with Crippen LogP contribution in [0.25, 0.3) is 0 Å². The average Bonchev–Trinajstić information content (AvgIpc) is 2.78. The molecule has 1 aliphatic heterocycles. The maximum Gasteiger partial charge on any atom is 0.257 e. The fraction of sp³-hybridized carbons (Fsp3) is 0.348. The van der Waals surface area contributed by atoms with Crippen molar-refractivity contribution >= 4 is 17.8 Å². The van der Waals surface area contributed by atoms with Gasteiger partial charge in [0.2, 0.25) is 11.9 Å². The number of aliphatic imine (C=N–C) groups is 1. The Kier molecular flexibility index (Phi) is 7.48. The van der Waals surface area contributed by atoms with Crippen molar-refractivity contribution in [1.29, 1.82) is 0 Å². The number of carbonyl (C=O) groups excluding carboxylic acids is 2. The first-order chi connectivity index (χ1) is 15.0. The number of hydrogen-bond acceptors (Lipinski definition) is 6. The molecule has 1 aliphatic rings. The zero-order chi connectivity index (χ0) is 22.2. The molecule has 0 bridgehead atoms. The lowest BCUT2D eigenvalue weighted by atomic mass is 10.0. The van der Waals surface area contributed by atoms with Gasteiger partial charge in [0.05, 0.1) is 33.3 Å². The lowest BCUT2D eigenvalue weighted by Crippen LogP contribution is -2.47. The summed E-state index contributed by atoms with van der Waals surface area (Å²) in [6.07, 6.45) is 2.16. The van der Waals surface area contributed by atoms with E-state index in [0.717, 1.165) is 12.8 Å². The van der Waals surface area contributed by atoms with Crippen LogP contribution in [0.3, 0.4) is 0 Å². The van der Waals surface area contributed by atoms with Crippen molar-refractivity contribution in [2.24, 2.45) is 4.99 Å². The minimum Gasteiger partial charge on any atom is -0.497 e. The van der Waals surface area contributed by atoms with Gasteiger partial charge in [0.25, 0.3) is 5.91 Å². The maximum absolute atomic E-state index is 12.6. The third-order valence-corrected chi connectivity index (χ3v) is 4.83. The molecule has 0 spiro atoms. The number of nitrogens with one attached hydrogen (secondary N) is 2. The molecule has 31 heavy (non-hydrogen) atoms. The van der Waals surface area contributed by atoms with Gasteiger partial charge in [-0.05, 0) is 48.9 Å². The van der Waals surface area contributed by atoms with Crippen LogP contribution in [0.1, 0.15) is 48.1 Å². The van der Waals surface area contributed by atoms with E-state index in [2.05, 4.69) is 22.5 Å². The van der Waals surface area contributed by atoms with Crippen LogP contribution in [-0.2, 0) is 4.79 Å². The van der Waals surface area contributed by atoms with Crippen molar-refractivity contribution in [2.45, 2.75) is 32.2 Å². The van der Waals surface area contributed by atoms with Gasteiger partial charge in [-0.15, -0.1) is 0 Å². The molecule has 2 N–H and O–H groups in total. The molecule has 8 heteroatoms. The number of hydrogen-bond donors (Lipinski definition) is 2. The molecule has 0 saturated carbocycles. The molecular weight excluding hydrogens is 398 g/mol. The van der Waals surface area contributed by atoms with E-state index >= 15 is 0 Å². The van der Waals surface area contributed by atoms with E-state index < -0.39 is 6.04 Å². The largest absolute Gasteiger partial charge is 0.497 e. The Bertz CT molecular complexity index is 956. The highest BCUT2D eigenvalue weighted by Gasteiger charge is 2.26. The smallest absolute Gasteiger partial charge is 0.257 e. The molecule has 8 nitrogen and oxygen atoms in total. The number of benzene rings is 2. The molecule has 0 aromatic heterocycles. The third-order valence-electron chi connectivity index (χ3n) is 4.83. The molecule has 1 heterocycles. The van der Waals surface area contributed by atoms with E-state index in [-0.39, 0.29) is 24.2 Å². The fourth-order valence-electron chi connectivity index (χ4n) is 3.15. The Hall–Kier alpha value is -3.55. The molecule has 0 fully saturated rings. The van der Waals surface area contributed by atoms with Crippen molar-refractivity contribution in [3.8, 4) is 17.2 Å². The topological polar surface area (TPSA) is 98.2 Å². The van der Waals surface area contributed by atoms with Crippen molar-refractivity contribution in [1.82, 2.24) is 10.6 Å². The van der Waals surface area contributed by atoms with Crippen LogP contribution in [0.4, 0.5) is 0 Å². The van der Waals surface area contributed by atoms with Gasteiger partial charge < -0.3 is 14.2 Å². The monoisotopic (exact) mass is 425 g/mol. The summed E-state index contributed by atoms with van der Waals surface area (Å²) < 4.78 is 16.3. The first kappa shape index (κ1) is 22.1. The van der Waals surface area contributed by atoms with E-state index in [1.165, 1.54) is 0 Å². The summed E-state index contributed by atoms with van der Waals surface area (Å²) in [4.78, 5) is 29.4. The minimum absolute atomic E-state index is 0.0967. The number of ether oxygens (including phenoxy) is 3. The second kappa shape index (κ2) is 10.5. The van der Waals surface area contributed by atoms with E-state index in [1.54, 1.807) is 56.7 Å². The van der Waals surface area contributed by atoms with Crippen molar-refractivity contribution < 1.29 is 23.8 Å². The summed E-state index contributed by atoms with van der Waals surface area (Å²) in [7, 11) is 3.12. The second-order valence-electron chi connectivity index (χ2n) is 7.03. The van der Waals surface area contributed by atoms with Crippen LogP contribution in [0.5, 0.6) is 17.2 Å². The summed E-state index contributed by atoms with van der Waals surface area (Å²) in [5, 5.41) is 5.28. The minimum atomic E-state index is -0.511. The molecule has 0 saturated heterocycles. The Morgan fingerprint density at radius 3 is 2.55 bits per heavy atom. The fourth-order valence-corrected chi connectivity index (χ4v) is 3.15. The van der Waals surface area contributed by atoms with Gasteiger partial charge in [-0.3, -0.25) is 20.2 Å². The molecule has 0 aliphatic carbocycles. The molecular formula is C23H27N3O5. The Morgan fingerprint density at radius 1 is 1.13 bits per heavy atom. The van der Waals surface area contributed by atoms with Gasteiger partial charge in [-0.25, -0.2) is 4.99 Å².